The van der Waals surface area contributed by atoms with Crippen molar-refractivity contribution in [1.29, 1.82) is 0 Å². The minimum Gasteiger partial charge on any atom is -0.309 e. The predicted molar refractivity (Wildman–Crippen MR) is 294 cm³/mol. The van der Waals surface area contributed by atoms with Crippen LogP contribution in [-0.4, -0.2) is 39.5 Å². The molecule has 8 nitrogen and oxygen atoms in total. The lowest BCUT2D eigenvalue weighted by molar-refractivity contribution is 1.07. The van der Waals surface area contributed by atoms with Gasteiger partial charge in [-0.15, -0.1) is 0 Å². The molecule has 0 aliphatic carbocycles. The third-order valence-corrected chi connectivity index (χ3v) is 13.1. The van der Waals surface area contributed by atoms with E-state index in [-0.39, 0.29) is 0 Å². The van der Waals surface area contributed by atoms with Crippen LogP contribution in [0.5, 0.6) is 0 Å². The van der Waals surface area contributed by atoms with E-state index >= 15 is 0 Å². The van der Waals surface area contributed by atoms with Gasteiger partial charge in [0.15, 0.2) is 29.1 Å². The standard InChI is InChI=1S/C65H42N8/c1-7-21-43(22-8-1)54-41-56(68-61(66-54)45-25-11-3-12-26-45)49-36-38-59(53(39-49)57-42-55(44-23-9-2-10-24-44)67-62(69-57)46-27-13-4-14-28-46)73-58-34-20-19-33-51(58)52-37-35-50(40-60(52)73)65-71-63(47-29-15-5-16-30-47)70-64(72-65)48-31-17-6-18-32-48/h1-42H. The Hall–Kier alpha value is -10.1. The minimum absolute atomic E-state index is 0.574. The molecule has 0 spiro atoms. The van der Waals surface area contributed by atoms with Gasteiger partial charge in [0.05, 0.1) is 39.5 Å². The van der Waals surface area contributed by atoms with Crippen LogP contribution < -0.4 is 0 Å². The Balaban J connectivity index is 1.08. The van der Waals surface area contributed by atoms with Gasteiger partial charge in [-0.05, 0) is 36.4 Å². The zero-order valence-electron chi connectivity index (χ0n) is 39.3. The van der Waals surface area contributed by atoms with Gasteiger partial charge in [-0.2, -0.15) is 0 Å². The lowest BCUT2D eigenvalue weighted by atomic mass is 9.99. The minimum atomic E-state index is 0.574. The average molecular weight is 935 g/mol. The predicted octanol–water partition coefficient (Wildman–Crippen LogP) is 15.6. The molecule has 0 aliphatic rings. The molecule has 0 bridgehead atoms. The molecule has 0 fully saturated rings. The lowest BCUT2D eigenvalue weighted by Crippen LogP contribution is -2.03. The maximum atomic E-state index is 5.45. The maximum absolute atomic E-state index is 5.45. The van der Waals surface area contributed by atoms with Crippen molar-refractivity contribution in [3.63, 3.8) is 0 Å². The largest absolute Gasteiger partial charge is 0.309 e. The van der Waals surface area contributed by atoms with E-state index in [1.54, 1.807) is 0 Å². The number of fused-ring (bicyclic) bond motifs is 3. The molecule has 0 radical (unpaired) electrons. The first-order valence-corrected chi connectivity index (χ1v) is 24.2. The first-order valence-electron chi connectivity index (χ1n) is 24.2. The van der Waals surface area contributed by atoms with E-state index in [1.165, 1.54) is 0 Å². The van der Waals surface area contributed by atoms with Gasteiger partial charge >= 0.3 is 0 Å². The van der Waals surface area contributed by atoms with Gasteiger partial charge in [-0.1, -0.05) is 218 Å². The van der Waals surface area contributed by atoms with Crippen LogP contribution in [0.2, 0.25) is 0 Å². The zero-order chi connectivity index (χ0) is 48.5. The SMILES string of the molecule is c1ccc(-c2cc(-c3ccc(-n4c5ccccc5c5ccc(-c6nc(-c7ccccc7)nc(-c7ccccc7)n6)cc54)c(-c4cc(-c5ccccc5)nc(-c5ccccc5)n4)c3)nc(-c3ccccc3)n2)cc1. The summed E-state index contributed by atoms with van der Waals surface area (Å²) in [7, 11) is 0. The third-order valence-electron chi connectivity index (χ3n) is 13.1. The molecule has 13 rings (SSSR count). The van der Waals surface area contributed by atoms with E-state index in [9.17, 15) is 0 Å². The van der Waals surface area contributed by atoms with Crippen molar-refractivity contribution in [2.45, 2.75) is 0 Å². The summed E-state index contributed by atoms with van der Waals surface area (Å²) in [5.74, 6) is 3.04. The molecular formula is C65H42N8. The first kappa shape index (κ1) is 43.0. The van der Waals surface area contributed by atoms with Crippen molar-refractivity contribution >= 4 is 21.8 Å². The highest BCUT2D eigenvalue weighted by molar-refractivity contribution is 6.10. The van der Waals surface area contributed by atoms with Crippen LogP contribution in [0.3, 0.4) is 0 Å². The van der Waals surface area contributed by atoms with Crippen molar-refractivity contribution in [2.75, 3.05) is 0 Å². The highest BCUT2D eigenvalue weighted by Gasteiger charge is 2.22. The summed E-state index contributed by atoms with van der Waals surface area (Å²) in [5.41, 5.74) is 14.4. The molecular weight excluding hydrogens is 893 g/mol. The average Bonchev–Trinajstić information content (AvgIpc) is 3.81. The fourth-order valence-electron chi connectivity index (χ4n) is 9.53. The molecule has 0 atom stereocenters. The normalized spacial score (nSPS) is 11.3. The van der Waals surface area contributed by atoms with E-state index < -0.39 is 0 Å². The van der Waals surface area contributed by atoms with Crippen LogP contribution in [0.15, 0.2) is 255 Å². The van der Waals surface area contributed by atoms with Gasteiger partial charge in [0, 0.05) is 60.8 Å². The zero-order valence-corrected chi connectivity index (χ0v) is 39.3. The Kier molecular flexibility index (Phi) is 11.0. The van der Waals surface area contributed by atoms with Crippen molar-refractivity contribution in [2.24, 2.45) is 0 Å². The fraction of sp³-hybridized carbons (Fsp3) is 0. The maximum Gasteiger partial charge on any atom is 0.164 e. The van der Waals surface area contributed by atoms with Crippen LogP contribution in [0, 0.1) is 0 Å². The lowest BCUT2D eigenvalue weighted by Gasteiger charge is -2.17. The number of hydrogen-bond acceptors (Lipinski definition) is 7. The molecule has 8 heteroatoms. The van der Waals surface area contributed by atoms with Crippen LogP contribution >= 0.6 is 0 Å². The monoisotopic (exact) mass is 934 g/mol. The molecule has 0 unspecified atom stereocenters. The Bertz CT molecular complexity index is 3940. The third kappa shape index (κ3) is 8.39. The number of rotatable bonds is 10. The summed E-state index contributed by atoms with van der Waals surface area (Å²) in [6.07, 6.45) is 0. The van der Waals surface area contributed by atoms with Gasteiger partial charge in [0.25, 0.3) is 0 Å². The smallest absolute Gasteiger partial charge is 0.164 e. The van der Waals surface area contributed by atoms with Crippen molar-refractivity contribution in [1.82, 2.24) is 39.5 Å². The molecule has 9 aromatic carbocycles. The second-order valence-electron chi connectivity index (χ2n) is 17.7. The van der Waals surface area contributed by atoms with Crippen LogP contribution in [0.1, 0.15) is 0 Å². The van der Waals surface area contributed by atoms with Gasteiger partial charge in [-0.25, -0.2) is 34.9 Å². The summed E-state index contributed by atoms with van der Waals surface area (Å²) in [6.45, 7) is 0. The van der Waals surface area contributed by atoms with Gasteiger partial charge < -0.3 is 4.57 Å². The molecule has 342 valence electrons. The molecule has 73 heavy (non-hydrogen) atoms. The van der Waals surface area contributed by atoms with Crippen molar-refractivity contribution in [3.05, 3.63) is 255 Å². The molecule has 0 saturated heterocycles. The first-order chi connectivity index (χ1) is 36.2. The van der Waals surface area contributed by atoms with Crippen molar-refractivity contribution in [3.8, 4) is 108 Å². The molecule has 4 aromatic heterocycles. The van der Waals surface area contributed by atoms with Crippen LogP contribution in [0.25, 0.3) is 129 Å². The number of para-hydroxylation sites is 1. The summed E-state index contributed by atoms with van der Waals surface area (Å²) in [4.78, 5) is 36.4. The summed E-state index contributed by atoms with van der Waals surface area (Å²) in [6, 6.07) is 87.0. The topological polar surface area (TPSA) is 95.2 Å². The molecule has 0 amide bonds. The van der Waals surface area contributed by atoms with E-state index in [1.807, 2.05) is 133 Å². The summed E-state index contributed by atoms with van der Waals surface area (Å²) in [5, 5.41) is 2.20. The van der Waals surface area contributed by atoms with Gasteiger partial charge in [-0.3, -0.25) is 0 Å². The number of hydrogen-bond donors (Lipinski definition) is 0. The van der Waals surface area contributed by atoms with Crippen LogP contribution in [-0.2, 0) is 0 Å². The highest BCUT2D eigenvalue weighted by Crippen LogP contribution is 2.41. The van der Waals surface area contributed by atoms with E-state index in [0.717, 1.165) is 100 Å². The number of nitrogens with zero attached hydrogens (tertiary/aromatic N) is 8. The molecule has 13 aromatic rings. The van der Waals surface area contributed by atoms with E-state index in [2.05, 4.69) is 126 Å². The molecule has 0 aliphatic heterocycles. The number of benzene rings is 9. The second kappa shape index (κ2) is 18.7. The Labute approximate surface area is 421 Å². The van der Waals surface area contributed by atoms with Crippen molar-refractivity contribution < 1.29 is 0 Å². The van der Waals surface area contributed by atoms with Gasteiger partial charge in [0.1, 0.15) is 0 Å². The quantitative estimate of drug-likeness (QED) is 0.135. The molecule has 4 heterocycles. The Morgan fingerprint density at radius 3 is 1.07 bits per heavy atom. The summed E-state index contributed by atoms with van der Waals surface area (Å²) < 4.78 is 2.35. The van der Waals surface area contributed by atoms with Crippen LogP contribution in [0.4, 0.5) is 0 Å². The summed E-state index contributed by atoms with van der Waals surface area (Å²) >= 11 is 0. The molecule has 0 saturated carbocycles. The Morgan fingerprint density at radius 1 is 0.219 bits per heavy atom. The second-order valence-corrected chi connectivity index (χ2v) is 17.7. The fourth-order valence-corrected chi connectivity index (χ4v) is 9.53. The molecule has 0 N–H and O–H groups in total. The number of aromatic nitrogens is 8. The highest BCUT2D eigenvalue weighted by atomic mass is 15.0. The van der Waals surface area contributed by atoms with E-state index in [0.29, 0.717) is 29.1 Å². The van der Waals surface area contributed by atoms with E-state index in [4.69, 9.17) is 34.9 Å². The van der Waals surface area contributed by atoms with Gasteiger partial charge in [0.2, 0.25) is 0 Å². The Morgan fingerprint density at radius 2 is 0.575 bits per heavy atom.